The molecule has 14 heavy (non-hydrogen) atoms. The third kappa shape index (κ3) is 3.29. The van der Waals surface area contributed by atoms with Crippen LogP contribution in [0.15, 0.2) is 24.3 Å². The van der Waals surface area contributed by atoms with E-state index in [1.807, 2.05) is 24.3 Å². The average Bonchev–Trinajstić information content (AvgIpc) is 2.17. The molecule has 0 fully saturated rings. The normalized spacial score (nSPS) is 11.4. The van der Waals surface area contributed by atoms with Crippen molar-refractivity contribution in [2.24, 2.45) is 5.41 Å². The molecule has 78 valence electrons. The summed E-state index contributed by atoms with van der Waals surface area (Å²) < 4.78 is 0. The molecule has 0 saturated carbocycles. The van der Waals surface area contributed by atoms with Gasteiger partial charge >= 0.3 is 0 Å². The van der Waals surface area contributed by atoms with Crippen LogP contribution in [-0.4, -0.2) is 6.54 Å². The highest BCUT2D eigenvalue weighted by Gasteiger charge is 2.13. The fourth-order valence-corrected chi connectivity index (χ4v) is 1.07. The second kappa shape index (κ2) is 4.36. The summed E-state index contributed by atoms with van der Waals surface area (Å²) in [5, 5.41) is 3.41. The Morgan fingerprint density at radius 3 is 2.29 bits per heavy atom. The van der Waals surface area contributed by atoms with Crippen molar-refractivity contribution in [3.63, 3.8) is 0 Å². The number of nitrogens with one attached hydrogen (secondary N) is 1. The third-order valence-corrected chi connectivity index (χ3v) is 2.64. The first-order chi connectivity index (χ1) is 6.53. The summed E-state index contributed by atoms with van der Waals surface area (Å²) in [6.07, 6.45) is 1.18. The Hall–Kier alpha value is -1.18. The van der Waals surface area contributed by atoms with Crippen LogP contribution in [0.2, 0.25) is 0 Å². The predicted octanol–water partition coefficient (Wildman–Crippen LogP) is 3.12. The minimum atomic E-state index is 0.349. The summed E-state index contributed by atoms with van der Waals surface area (Å²) in [6, 6.07) is 7.87. The maximum absolute atomic E-state index is 5.61. The quantitative estimate of drug-likeness (QED) is 0.719. The first-order valence-electron chi connectivity index (χ1n) is 5.13. The van der Waals surface area contributed by atoms with E-state index in [9.17, 15) is 0 Å². The van der Waals surface area contributed by atoms with Gasteiger partial charge in [0.2, 0.25) is 0 Å². The molecule has 0 aromatic heterocycles. The van der Waals surface area contributed by atoms with Crippen molar-refractivity contribution in [2.75, 3.05) is 17.6 Å². The van der Waals surface area contributed by atoms with Crippen molar-refractivity contribution in [3.8, 4) is 0 Å². The van der Waals surface area contributed by atoms with Crippen molar-refractivity contribution in [1.82, 2.24) is 0 Å². The number of hydrogen-bond acceptors (Lipinski definition) is 2. The van der Waals surface area contributed by atoms with Crippen molar-refractivity contribution in [2.45, 2.75) is 27.2 Å². The lowest BCUT2D eigenvalue weighted by Gasteiger charge is -2.23. The monoisotopic (exact) mass is 192 g/mol. The van der Waals surface area contributed by atoms with Crippen molar-refractivity contribution < 1.29 is 0 Å². The molecule has 0 unspecified atom stereocenters. The van der Waals surface area contributed by atoms with Crippen LogP contribution in [0.5, 0.6) is 0 Å². The van der Waals surface area contributed by atoms with Crippen LogP contribution in [0, 0.1) is 5.41 Å². The Bertz CT molecular complexity index is 275. The van der Waals surface area contributed by atoms with Gasteiger partial charge in [-0.1, -0.05) is 20.8 Å². The lowest BCUT2D eigenvalue weighted by molar-refractivity contribution is 0.377. The highest BCUT2D eigenvalue weighted by molar-refractivity contribution is 5.51. The van der Waals surface area contributed by atoms with E-state index >= 15 is 0 Å². The first kappa shape index (κ1) is 10.9. The second-order valence-electron chi connectivity index (χ2n) is 4.49. The number of rotatable bonds is 4. The predicted molar refractivity (Wildman–Crippen MR) is 63.4 cm³/mol. The molecule has 0 amide bonds. The molecule has 0 radical (unpaired) electrons. The van der Waals surface area contributed by atoms with Crippen LogP contribution in [0.25, 0.3) is 0 Å². The topological polar surface area (TPSA) is 38.0 Å². The number of benzene rings is 1. The molecule has 0 bridgehead atoms. The average molecular weight is 192 g/mol. The molecule has 0 aliphatic heterocycles. The first-order valence-corrected chi connectivity index (χ1v) is 5.13. The van der Waals surface area contributed by atoms with Gasteiger partial charge in [-0.05, 0) is 36.1 Å². The van der Waals surface area contributed by atoms with E-state index < -0.39 is 0 Å². The van der Waals surface area contributed by atoms with Crippen molar-refractivity contribution >= 4 is 11.4 Å². The summed E-state index contributed by atoms with van der Waals surface area (Å²) in [6.45, 7) is 7.73. The maximum atomic E-state index is 5.61. The van der Waals surface area contributed by atoms with Gasteiger partial charge in [0, 0.05) is 17.9 Å². The largest absolute Gasteiger partial charge is 0.399 e. The Labute approximate surface area is 86.5 Å². The van der Waals surface area contributed by atoms with Gasteiger partial charge in [-0.2, -0.15) is 0 Å². The molecule has 1 rings (SSSR count). The second-order valence-corrected chi connectivity index (χ2v) is 4.49. The van der Waals surface area contributed by atoms with E-state index in [2.05, 4.69) is 26.1 Å². The van der Waals surface area contributed by atoms with Crippen LogP contribution < -0.4 is 11.1 Å². The van der Waals surface area contributed by atoms with Crippen molar-refractivity contribution in [1.29, 1.82) is 0 Å². The molecule has 3 N–H and O–H groups in total. The van der Waals surface area contributed by atoms with Gasteiger partial charge in [0.15, 0.2) is 0 Å². The zero-order valence-electron chi connectivity index (χ0n) is 9.30. The van der Waals surface area contributed by atoms with Gasteiger partial charge in [-0.25, -0.2) is 0 Å². The van der Waals surface area contributed by atoms with Crippen molar-refractivity contribution in [3.05, 3.63) is 24.3 Å². The van der Waals surface area contributed by atoms with E-state index in [0.717, 1.165) is 17.9 Å². The van der Waals surface area contributed by atoms with Gasteiger partial charge in [-0.3, -0.25) is 0 Å². The lowest BCUT2D eigenvalue weighted by atomic mass is 9.90. The van der Waals surface area contributed by atoms with Crippen LogP contribution in [0.3, 0.4) is 0 Å². The highest BCUT2D eigenvalue weighted by atomic mass is 14.9. The summed E-state index contributed by atoms with van der Waals surface area (Å²) in [5.74, 6) is 0. The van der Waals surface area contributed by atoms with Gasteiger partial charge in [0.05, 0.1) is 0 Å². The molecule has 1 aromatic rings. The summed E-state index contributed by atoms with van der Waals surface area (Å²) in [5.41, 5.74) is 7.91. The van der Waals surface area contributed by atoms with Gasteiger partial charge < -0.3 is 11.1 Å². The Kier molecular flexibility index (Phi) is 3.39. The molecule has 1 aromatic carbocycles. The smallest absolute Gasteiger partial charge is 0.0341 e. The van der Waals surface area contributed by atoms with E-state index in [4.69, 9.17) is 5.73 Å². The Morgan fingerprint density at radius 1 is 1.21 bits per heavy atom. The minimum absolute atomic E-state index is 0.349. The number of nitrogen functional groups attached to an aromatic ring is 1. The van der Waals surface area contributed by atoms with E-state index in [-0.39, 0.29) is 0 Å². The molecule has 0 aliphatic carbocycles. The lowest BCUT2D eigenvalue weighted by Crippen LogP contribution is -2.21. The van der Waals surface area contributed by atoms with E-state index in [1.54, 1.807) is 0 Å². The Balaban J connectivity index is 2.50. The highest BCUT2D eigenvalue weighted by Crippen LogP contribution is 2.20. The van der Waals surface area contributed by atoms with Crippen LogP contribution in [0.1, 0.15) is 27.2 Å². The molecule has 2 heteroatoms. The minimum Gasteiger partial charge on any atom is -0.399 e. The molecule has 0 saturated heterocycles. The van der Waals surface area contributed by atoms with E-state index in [1.165, 1.54) is 6.42 Å². The standard InChI is InChI=1S/C12H20N2/c1-4-12(2,3)9-14-11-7-5-10(13)6-8-11/h5-8,14H,4,9,13H2,1-3H3. The van der Waals surface area contributed by atoms with Gasteiger partial charge in [0.1, 0.15) is 0 Å². The summed E-state index contributed by atoms with van der Waals surface area (Å²) in [7, 11) is 0. The van der Waals surface area contributed by atoms with Crippen LogP contribution >= 0.6 is 0 Å². The molecule has 0 atom stereocenters. The van der Waals surface area contributed by atoms with Crippen LogP contribution in [-0.2, 0) is 0 Å². The third-order valence-electron chi connectivity index (χ3n) is 2.64. The summed E-state index contributed by atoms with van der Waals surface area (Å²) >= 11 is 0. The molecular formula is C12H20N2. The fraction of sp³-hybridized carbons (Fsp3) is 0.500. The zero-order chi connectivity index (χ0) is 10.6. The molecule has 0 aliphatic rings. The number of hydrogen-bond donors (Lipinski definition) is 2. The van der Waals surface area contributed by atoms with Crippen LogP contribution in [0.4, 0.5) is 11.4 Å². The Morgan fingerprint density at radius 2 is 1.79 bits per heavy atom. The number of anilines is 2. The molecule has 0 spiro atoms. The summed E-state index contributed by atoms with van der Waals surface area (Å²) in [4.78, 5) is 0. The van der Waals surface area contributed by atoms with Gasteiger partial charge in [-0.15, -0.1) is 0 Å². The number of nitrogens with two attached hydrogens (primary N) is 1. The van der Waals surface area contributed by atoms with E-state index in [0.29, 0.717) is 5.41 Å². The maximum Gasteiger partial charge on any atom is 0.0341 e. The van der Waals surface area contributed by atoms with Gasteiger partial charge in [0.25, 0.3) is 0 Å². The molecular weight excluding hydrogens is 172 g/mol. The molecule has 2 nitrogen and oxygen atoms in total. The SMILES string of the molecule is CCC(C)(C)CNc1ccc(N)cc1. The molecule has 0 heterocycles. The fourth-order valence-electron chi connectivity index (χ4n) is 1.07. The zero-order valence-corrected chi connectivity index (χ0v) is 9.30.